The minimum atomic E-state index is -0.354. The molecular weight excluding hydrogens is 575 g/mol. The van der Waals surface area contributed by atoms with Crippen LogP contribution in [0.4, 0.5) is 10.1 Å². The van der Waals surface area contributed by atoms with Gasteiger partial charge in [-0.15, -0.1) is 0 Å². The fraction of sp³-hybridized carbons (Fsp3) is 0.400. The first kappa shape index (κ1) is 34.7. The lowest BCUT2D eigenvalue weighted by Crippen LogP contribution is -2.16. The Morgan fingerprint density at radius 2 is 1.46 bits per heavy atom. The first-order chi connectivity index (χ1) is 22.4. The first-order valence-electron chi connectivity index (χ1n) is 16.9. The fourth-order valence-electron chi connectivity index (χ4n) is 6.25. The molecule has 4 rings (SSSR count). The van der Waals surface area contributed by atoms with E-state index in [4.69, 9.17) is 4.74 Å². The second-order valence-corrected chi connectivity index (χ2v) is 12.1. The van der Waals surface area contributed by atoms with Gasteiger partial charge in [-0.1, -0.05) is 67.6 Å². The average molecular weight is 625 g/mol. The number of rotatable bonds is 19. The molecule has 0 fully saturated rings. The predicted molar refractivity (Wildman–Crippen MR) is 185 cm³/mol. The molecule has 1 aromatic heterocycles. The summed E-state index contributed by atoms with van der Waals surface area (Å²) in [6.07, 6.45) is 8.62. The molecule has 0 radical (unpaired) electrons. The van der Waals surface area contributed by atoms with Gasteiger partial charge in [0.2, 0.25) is 0 Å². The molecule has 1 heterocycles. The van der Waals surface area contributed by atoms with Gasteiger partial charge in [-0.3, -0.25) is 9.59 Å². The molecule has 6 heteroatoms. The van der Waals surface area contributed by atoms with E-state index in [2.05, 4.69) is 58.4 Å². The van der Waals surface area contributed by atoms with Crippen molar-refractivity contribution in [3.63, 3.8) is 0 Å². The van der Waals surface area contributed by atoms with Crippen LogP contribution >= 0.6 is 0 Å². The monoisotopic (exact) mass is 624 g/mol. The third-order valence-corrected chi connectivity index (χ3v) is 8.81. The predicted octanol–water partition coefficient (Wildman–Crippen LogP) is 8.92. The Labute approximate surface area is 274 Å². The maximum Gasteiger partial charge on any atom is 0.305 e. The van der Waals surface area contributed by atoms with Crippen LogP contribution in [0.3, 0.4) is 0 Å². The van der Waals surface area contributed by atoms with Crippen LogP contribution in [0.25, 0.3) is 0 Å². The van der Waals surface area contributed by atoms with Gasteiger partial charge in [0.05, 0.1) is 12.3 Å². The topological polar surface area (TPSA) is 60.3 Å². The normalized spacial score (nSPS) is 11.2. The number of esters is 1. The zero-order valence-corrected chi connectivity index (χ0v) is 27.7. The van der Waals surface area contributed by atoms with E-state index in [-0.39, 0.29) is 17.6 Å². The minimum absolute atomic E-state index is 0.116. The van der Waals surface area contributed by atoms with Gasteiger partial charge < -0.3 is 14.6 Å². The van der Waals surface area contributed by atoms with Crippen LogP contribution in [0.15, 0.2) is 84.9 Å². The van der Waals surface area contributed by atoms with E-state index in [0.717, 1.165) is 49.9 Å². The van der Waals surface area contributed by atoms with E-state index in [0.29, 0.717) is 61.6 Å². The molecule has 1 N–H and O–H groups in total. The number of carbonyl (C=O) groups is 2. The molecule has 0 bridgehead atoms. The number of nitrogens with one attached hydrogen (secondary N) is 1. The summed E-state index contributed by atoms with van der Waals surface area (Å²) in [6, 6.07) is 27.7. The van der Waals surface area contributed by atoms with Crippen molar-refractivity contribution in [2.24, 2.45) is 13.0 Å². The number of hydrogen-bond donors (Lipinski definition) is 1. The van der Waals surface area contributed by atoms with Crippen molar-refractivity contribution < 1.29 is 18.7 Å². The summed E-state index contributed by atoms with van der Waals surface area (Å²) in [5, 5.41) is 3.37. The van der Waals surface area contributed by atoms with Crippen LogP contribution in [-0.4, -0.2) is 29.5 Å². The van der Waals surface area contributed by atoms with E-state index in [9.17, 15) is 9.59 Å². The smallest absolute Gasteiger partial charge is 0.305 e. The molecule has 0 saturated heterocycles. The van der Waals surface area contributed by atoms with Gasteiger partial charge in [0.1, 0.15) is 5.82 Å². The van der Waals surface area contributed by atoms with Crippen molar-refractivity contribution in [2.45, 2.75) is 78.1 Å². The Kier molecular flexibility index (Phi) is 13.6. The number of nitrogens with zero attached hydrogens (tertiary/aromatic N) is 1. The second kappa shape index (κ2) is 18.1. The van der Waals surface area contributed by atoms with Crippen LogP contribution in [0.2, 0.25) is 0 Å². The zero-order chi connectivity index (χ0) is 32.7. The van der Waals surface area contributed by atoms with E-state index >= 15 is 4.39 Å². The number of hydrogen-bond acceptors (Lipinski definition) is 4. The minimum Gasteiger partial charge on any atom is -0.466 e. The maximum atomic E-state index is 15.1. The lowest BCUT2D eigenvalue weighted by atomic mass is 9.93. The summed E-state index contributed by atoms with van der Waals surface area (Å²) in [5.74, 6) is -0.296. The molecule has 244 valence electrons. The van der Waals surface area contributed by atoms with Gasteiger partial charge in [-0.25, -0.2) is 4.39 Å². The molecule has 0 unspecified atom stereocenters. The van der Waals surface area contributed by atoms with E-state index in [1.807, 2.05) is 32.2 Å². The second-order valence-electron chi connectivity index (χ2n) is 12.1. The molecule has 3 aromatic carbocycles. The van der Waals surface area contributed by atoms with Crippen molar-refractivity contribution in [3.8, 4) is 0 Å². The van der Waals surface area contributed by atoms with Crippen LogP contribution < -0.4 is 5.32 Å². The number of benzene rings is 3. The molecule has 0 saturated carbocycles. The summed E-state index contributed by atoms with van der Waals surface area (Å²) >= 11 is 0. The summed E-state index contributed by atoms with van der Waals surface area (Å²) in [5.41, 5.74) is 6.08. The molecular formula is C40H49FN2O3. The lowest BCUT2D eigenvalue weighted by Gasteiger charge is -2.19. The molecule has 5 nitrogen and oxygen atoms in total. The Balaban J connectivity index is 1.42. The molecule has 0 amide bonds. The fourth-order valence-corrected chi connectivity index (χ4v) is 6.25. The van der Waals surface area contributed by atoms with Crippen LogP contribution in [0.1, 0.15) is 90.8 Å². The SMILES string of the molecule is CCOC(=O)CCCc1cc(C(=O)c2ccc(F)c(NCC(CCCc3ccccc3)CCCc3ccccc3)c2)c(CC)n1C. The average Bonchev–Trinajstić information content (AvgIpc) is 3.39. The lowest BCUT2D eigenvalue weighted by molar-refractivity contribution is -0.143. The van der Waals surface area contributed by atoms with Crippen LogP contribution in [0.5, 0.6) is 0 Å². The highest BCUT2D eigenvalue weighted by Gasteiger charge is 2.21. The van der Waals surface area contributed by atoms with E-state index in [1.165, 1.54) is 17.2 Å². The number of anilines is 1. The largest absolute Gasteiger partial charge is 0.466 e. The number of aromatic nitrogens is 1. The number of carbonyl (C=O) groups excluding carboxylic acids is 2. The van der Waals surface area contributed by atoms with Gasteiger partial charge in [0.25, 0.3) is 0 Å². The van der Waals surface area contributed by atoms with Crippen molar-refractivity contribution in [1.82, 2.24) is 4.57 Å². The molecule has 0 aliphatic carbocycles. The van der Waals surface area contributed by atoms with Gasteiger partial charge >= 0.3 is 5.97 Å². The Morgan fingerprint density at radius 1 is 0.826 bits per heavy atom. The number of halogens is 1. The highest BCUT2D eigenvalue weighted by Crippen LogP contribution is 2.25. The molecule has 0 atom stereocenters. The molecule has 46 heavy (non-hydrogen) atoms. The highest BCUT2D eigenvalue weighted by molar-refractivity contribution is 6.10. The number of ether oxygens (including phenoxy) is 1. The Hall–Kier alpha value is -4.19. The van der Waals surface area contributed by atoms with Gasteiger partial charge in [0.15, 0.2) is 5.78 Å². The Morgan fingerprint density at radius 3 is 2.04 bits per heavy atom. The van der Waals surface area contributed by atoms with Crippen molar-refractivity contribution in [3.05, 3.63) is 124 Å². The van der Waals surface area contributed by atoms with E-state index < -0.39 is 0 Å². The summed E-state index contributed by atoms with van der Waals surface area (Å²) in [4.78, 5) is 25.6. The zero-order valence-electron chi connectivity index (χ0n) is 27.7. The Bertz CT molecular complexity index is 1490. The van der Waals surface area contributed by atoms with Crippen molar-refractivity contribution in [2.75, 3.05) is 18.5 Å². The van der Waals surface area contributed by atoms with Crippen LogP contribution in [-0.2, 0) is 42.3 Å². The number of ketones is 1. The highest BCUT2D eigenvalue weighted by atomic mass is 19.1. The maximum absolute atomic E-state index is 15.1. The molecule has 4 aromatic rings. The van der Waals surface area contributed by atoms with Gasteiger partial charge in [-0.05, 0) is 106 Å². The summed E-state index contributed by atoms with van der Waals surface area (Å²) < 4.78 is 22.2. The molecule has 0 aliphatic heterocycles. The van der Waals surface area contributed by atoms with Gasteiger partial charge in [0, 0.05) is 42.5 Å². The van der Waals surface area contributed by atoms with Crippen molar-refractivity contribution >= 4 is 17.4 Å². The quantitative estimate of drug-likeness (QED) is 0.0836. The molecule has 0 spiro atoms. The van der Waals surface area contributed by atoms with Gasteiger partial charge in [-0.2, -0.15) is 0 Å². The van der Waals surface area contributed by atoms with E-state index in [1.54, 1.807) is 19.1 Å². The molecule has 0 aliphatic rings. The van der Waals surface area contributed by atoms with Crippen molar-refractivity contribution in [1.29, 1.82) is 0 Å². The third kappa shape index (κ3) is 10.2. The first-order valence-corrected chi connectivity index (χ1v) is 16.9. The summed E-state index contributed by atoms with van der Waals surface area (Å²) in [7, 11) is 1.96. The number of aryl methyl sites for hydroxylation is 3. The summed E-state index contributed by atoms with van der Waals surface area (Å²) in [6.45, 7) is 4.85. The van der Waals surface area contributed by atoms with Crippen LogP contribution in [0, 0.1) is 11.7 Å². The third-order valence-electron chi connectivity index (χ3n) is 8.81. The standard InChI is InChI=1S/C40H49FN2O3/c1-4-38-35(28-34(43(38)3)23-14-24-39(44)46-5-2)40(45)33-25-26-36(41)37(27-33)42-29-32(21-12-19-30-15-8-6-9-16-30)22-13-20-31-17-10-7-11-18-31/h6-11,15-18,25-28,32,42H,4-5,12-14,19-24,29H2,1-3H3.